The van der Waals surface area contributed by atoms with E-state index in [2.05, 4.69) is 9.40 Å². The molecule has 3 nitrogen and oxygen atoms in total. The molecular formula is C4H6Cl2N2O. The summed E-state index contributed by atoms with van der Waals surface area (Å²) < 4.78 is 4.63. The zero-order valence-electron chi connectivity index (χ0n) is 4.50. The van der Waals surface area contributed by atoms with Crippen LogP contribution in [0.15, 0.2) is 10.7 Å². The molecule has 0 atom stereocenters. The molecule has 0 bridgehead atoms. The Bertz CT molecular complexity index is 177. The summed E-state index contributed by atoms with van der Waals surface area (Å²) in [6.45, 7) is 0.371. The van der Waals surface area contributed by atoms with Gasteiger partial charge in [0.2, 0.25) is 0 Å². The first kappa shape index (κ1) is 8.75. The monoisotopic (exact) mass is 168 g/mol. The summed E-state index contributed by atoms with van der Waals surface area (Å²) in [6, 6.07) is 0. The molecule has 0 fully saturated rings. The highest BCUT2D eigenvalue weighted by Gasteiger charge is 1.95. The largest absolute Gasteiger partial charge is 0.436 e. The van der Waals surface area contributed by atoms with Gasteiger partial charge >= 0.3 is 0 Å². The van der Waals surface area contributed by atoms with Crippen molar-refractivity contribution in [2.75, 3.05) is 0 Å². The van der Waals surface area contributed by atoms with Crippen LogP contribution in [0.3, 0.4) is 0 Å². The maximum atomic E-state index is 5.31. The lowest BCUT2D eigenvalue weighted by Crippen LogP contribution is -1.94. The lowest BCUT2D eigenvalue weighted by molar-refractivity contribution is 0.558. The number of rotatable bonds is 1. The normalized spacial score (nSPS) is 8.67. The van der Waals surface area contributed by atoms with Gasteiger partial charge in [-0.15, -0.1) is 12.4 Å². The van der Waals surface area contributed by atoms with Crippen LogP contribution in [0.25, 0.3) is 0 Å². The molecule has 0 aliphatic rings. The lowest BCUT2D eigenvalue weighted by atomic mass is 10.5. The molecule has 0 aliphatic carbocycles. The SMILES string of the molecule is Cl.NCc1coc(Cl)n1. The van der Waals surface area contributed by atoms with Gasteiger partial charge in [-0.25, -0.2) is 4.98 Å². The molecule has 5 heteroatoms. The van der Waals surface area contributed by atoms with Crippen LogP contribution in [-0.2, 0) is 6.54 Å². The predicted molar refractivity (Wildman–Crippen MR) is 36.7 cm³/mol. The molecule has 0 unspecified atom stereocenters. The van der Waals surface area contributed by atoms with E-state index >= 15 is 0 Å². The smallest absolute Gasteiger partial charge is 0.292 e. The number of aromatic nitrogens is 1. The van der Waals surface area contributed by atoms with E-state index in [-0.39, 0.29) is 17.8 Å². The summed E-state index contributed by atoms with van der Waals surface area (Å²) in [6.07, 6.45) is 1.43. The zero-order valence-corrected chi connectivity index (χ0v) is 6.08. The predicted octanol–water partition coefficient (Wildman–Crippen LogP) is 1.21. The number of hydrogen-bond donors (Lipinski definition) is 1. The highest BCUT2D eigenvalue weighted by atomic mass is 35.5. The lowest BCUT2D eigenvalue weighted by Gasteiger charge is -1.76. The van der Waals surface area contributed by atoms with Crippen molar-refractivity contribution in [2.24, 2.45) is 5.73 Å². The average molecular weight is 169 g/mol. The third-order valence-electron chi connectivity index (χ3n) is 0.733. The van der Waals surface area contributed by atoms with Crippen LogP contribution in [0.2, 0.25) is 5.35 Å². The van der Waals surface area contributed by atoms with E-state index < -0.39 is 0 Å². The molecule has 0 radical (unpaired) electrons. The first-order valence-electron chi connectivity index (χ1n) is 2.13. The summed E-state index contributed by atoms with van der Waals surface area (Å²) in [7, 11) is 0. The van der Waals surface area contributed by atoms with E-state index in [1.165, 1.54) is 6.26 Å². The molecule has 1 aromatic heterocycles. The fourth-order valence-corrected chi connectivity index (χ4v) is 0.529. The minimum absolute atomic E-state index is 0. The maximum Gasteiger partial charge on any atom is 0.292 e. The van der Waals surface area contributed by atoms with Crippen LogP contribution < -0.4 is 5.73 Å². The van der Waals surface area contributed by atoms with Crippen molar-refractivity contribution in [1.82, 2.24) is 4.98 Å². The van der Waals surface area contributed by atoms with Gasteiger partial charge in [0.05, 0.1) is 5.69 Å². The second-order valence-electron chi connectivity index (χ2n) is 1.30. The van der Waals surface area contributed by atoms with Crippen molar-refractivity contribution in [1.29, 1.82) is 0 Å². The van der Waals surface area contributed by atoms with E-state index in [0.29, 0.717) is 12.2 Å². The Morgan fingerprint density at radius 1 is 1.78 bits per heavy atom. The topological polar surface area (TPSA) is 52.0 Å². The van der Waals surface area contributed by atoms with Crippen molar-refractivity contribution in [3.05, 3.63) is 17.3 Å². The van der Waals surface area contributed by atoms with Gasteiger partial charge in [0.25, 0.3) is 5.35 Å². The number of nitrogens with zero attached hydrogens (tertiary/aromatic N) is 1. The van der Waals surface area contributed by atoms with Crippen LogP contribution in [-0.4, -0.2) is 4.98 Å². The molecule has 0 saturated heterocycles. The number of oxazole rings is 1. The molecule has 0 aromatic carbocycles. The molecule has 1 aromatic rings. The van der Waals surface area contributed by atoms with Gasteiger partial charge in [-0.1, -0.05) is 0 Å². The van der Waals surface area contributed by atoms with Gasteiger partial charge in [-0.05, 0) is 11.6 Å². The molecule has 2 N–H and O–H groups in total. The maximum absolute atomic E-state index is 5.31. The second-order valence-corrected chi connectivity index (χ2v) is 1.62. The average Bonchev–Trinajstić information content (AvgIpc) is 2.14. The summed E-state index contributed by atoms with van der Waals surface area (Å²) in [5, 5.41) is 0.144. The van der Waals surface area contributed by atoms with E-state index in [1.54, 1.807) is 0 Å². The van der Waals surface area contributed by atoms with Crippen LogP contribution in [0.1, 0.15) is 5.69 Å². The summed E-state index contributed by atoms with van der Waals surface area (Å²) >= 11 is 5.31. The van der Waals surface area contributed by atoms with Gasteiger partial charge in [0, 0.05) is 6.54 Å². The Morgan fingerprint density at radius 2 is 2.44 bits per heavy atom. The van der Waals surface area contributed by atoms with Crippen molar-refractivity contribution >= 4 is 24.0 Å². The molecule has 1 heterocycles. The Hall–Kier alpha value is -0.250. The quantitative estimate of drug-likeness (QED) is 0.687. The van der Waals surface area contributed by atoms with Gasteiger partial charge in [-0.3, -0.25) is 0 Å². The Balaban J connectivity index is 0.000000640. The fraction of sp³-hybridized carbons (Fsp3) is 0.250. The molecule has 0 aliphatic heterocycles. The van der Waals surface area contributed by atoms with Crippen LogP contribution in [0.5, 0.6) is 0 Å². The third kappa shape index (κ3) is 2.22. The molecular weight excluding hydrogens is 163 g/mol. The first-order valence-corrected chi connectivity index (χ1v) is 2.50. The molecule has 1 rings (SSSR count). The standard InChI is InChI=1S/C4H5ClN2O.ClH/c5-4-7-3(1-6)2-8-4;/h2H,1,6H2;1H. The zero-order chi connectivity index (χ0) is 5.98. The van der Waals surface area contributed by atoms with Crippen LogP contribution >= 0.6 is 24.0 Å². The van der Waals surface area contributed by atoms with Crippen molar-refractivity contribution in [3.8, 4) is 0 Å². The third-order valence-corrected chi connectivity index (χ3v) is 0.906. The minimum Gasteiger partial charge on any atom is -0.436 e. The van der Waals surface area contributed by atoms with Crippen molar-refractivity contribution in [2.45, 2.75) is 6.54 Å². The van der Waals surface area contributed by atoms with Gasteiger partial charge < -0.3 is 10.2 Å². The van der Waals surface area contributed by atoms with Crippen LogP contribution in [0, 0.1) is 0 Å². The minimum atomic E-state index is 0. The molecule has 9 heavy (non-hydrogen) atoms. The summed E-state index contributed by atoms with van der Waals surface area (Å²) in [5.41, 5.74) is 5.86. The van der Waals surface area contributed by atoms with Gasteiger partial charge in [0.15, 0.2) is 0 Å². The van der Waals surface area contributed by atoms with Crippen LogP contribution in [0.4, 0.5) is 0 Å². The van der Waals surface area contributed by atoms with E-state index in [9.17, 15) is 0 Å². The molecule has 0 saturated carbocycles. The number of halogens is 2. The van der Waals surface area contributed by atoms with Crippen molar-refractivity contribution < 1.29 is 4.42 Å². The fourth-order valence-electron chi connectivity index (χ4n) is 0.376. The van der Waals surface area contributed by atoms with E-state index in [4.69, 9.17) is 17.3 Å². The van der Waals surface area contributed by atoms with Gasteiger partial charge in [-0.2, -0.15) is 0 Å². The van der Waals surface area contributed by atoms with E-state index in [0.717, 1.165) is 0 Å². The second kappa shape index (κ2) is 3.71. The van der Waals surface area contributed by atoms with Gasteiger partial charge in [0.1, 0.15) is 6.26 Å². The summed E-state index contributed by atoms with van der Waals surface area (Å²) in [5.74, 6) is 0. The molecule has 52 valence electrons. The first-order chi connectivity index (χ1) is 3.83. The van der Waals surface area contributed by atoms with E-state index in [1.807, 2.05) is 0 Å². The Labute approximate surface area is 63.6 Å². The highest BCUT2D eigenvalue weighted by molar-refractivity contribution is 6.27. The highest BCUT2D eigenvalue weighted by Crippen LogP contribution is 2.05. The number of nitrogens with two attached hydrogens (primary N) is 1. The molecule has 0 spiro atoms. The number of hydrogen-bond acceptors (Lipinski definition) is 3. The summed E-state index contributed by atoms with van der Waals surface area (Å²) in [4.78, 5) is 3.70. The molecule has 0 amide bonds. The van der Waals surface area contributed by atoms with Crippen molar-refractivity contribution in [3.63, 3.8) is 0 Å². The Kier molecular flexibility index (Phi) is 3.61. The Morgan fingerprint density at radius 3 is 2.67 bits per heavy atom.